The highest BCUT2D eigenvalue weighted by atomic mass is 32.2. The quantitative estimate of drug-likeness (QED) is 0.261. The normalized spacial score (nSPS) is 12.1. The van der Waals surface area contributed by atoms with Gasteiger partial charge in [-0.2, -0.15) is 13.2 Å². The van der Waals surface area contributed by atoms with E-state index in [1.165, 1.54) is 17.8 Å². The largest absolute Gasteiger partial charge is 0.416 e. The summed E-state index contributed by atoms with van der Waals surface area (Å²) in [4.78, 5) is 18.2. The molecule has 166 valence electrons. The molecule has 4 rings (SSSR count). The van der Waals surface area contributed by atoms with Crippen LogP contribution < -0.4 is 5.56 Å². The molecule has 2 aromatic heterocycles. The first-order valence-electron chi connectivity index (χ1n) is 10.1. The first-order valence-corrected chi connectivity index (χ1v) is 11.1. The van der Waals surface area contributed by atoms with Crippen molar-refractivity contribution in [3.8, 4) is 11.1 Å². The van der Waals surface area contributed by atoms with E-state index >= 15 is 0 Å². The molecule has 2 aromatic carbocycles. The Morgan fingerprint density at radius 3 is 2.44 bits per heavy atom. The van der Waals surface area contributed by atoms with Crippen LogP contribution in [0.4, 0.5) is 13.2 Å². The van der Waals surface area contributed by atoms with E-state index in [1.54, 1.807) is 15.2 Å². The van der Waals surface area contributed by atoms with Crippen LogP contribution in [0.5, 0.6) is 0 Å². The molecule has 0 bridgehead atoms. The highest BCUT2D eigenvalue weighted by molar-refractivity contribution is 7.98. The van der Waals surface area contributed by atoms with Crippen LogP contribution in [0.15, 0.2) is 70.7 Å². The number of halogens is 3. The average molecular weight is 458 g/mol. The van der Waals surface area contributed by atoms with Crippen LogP contribution >= 0.6 is 11.8 Å². The molecule has 0 aliphatic heterocycles. The van der Waals surface area contributed by atoms with Gasteiger partial charge in [0.25, 0.3) is 5.56 Å². The molecule has 0 aliphatic carbocycles. The number of aryl methyl sites for hydroxylation is 1. The zero-order valence-electron chi connectivity index (χ0n) is 17.8. The maximum absolute atomic E-state index is 13.4. The molecule has 32 heavy (non-hydrogen) atoms. The van der Waals surface area contributed by atoms with Crippen molar-refractivity contribution in [2.45, 2.75) is 37.0 Å². The zero-order chi connectivity index (χ0) is 23.0. The standard InChI is InChI=1S/C24H22F3N3OS/c1-15(2)30-22(31)21-20(19(13-29(21)3)17-9-5-4-6-10-17)28-23(30)32-14-16-8-7-11-18(12-16)24(25,26)27/h4-13,15H,14H2,1-3H3. The summed E-state index contributed by atoms with van der Waals surface area (Å²) in [6.07, 6.45) is -2.51. The van der Waals surface area contributed by atoms with Gasteiger partial charge in [-0.25, -0.2) is 4.98 Å². The van der Waals surface area contributed by atoms with Crippen molar-refractivity contribution in [2.24, 2.45) is 7.05 Å². The third kappa shape index (κ3) is 4.19. The van der Waals surface area contributed by atoms with E-state index in [0.29, 0.717) is 21.8 Å². The van der Waals surface area contributed by atoms with Crippen molar-refractivity contribution < 1.29 is 13.2 Å². The Balaban J connectivity index is 1.80. The first kappa shape index (κ1) is 22.2. The van der Waals surface area contributed by atoms with Crippen LogP contribution in [0.3, 0.4) is 0 Å². The summed E-state index contributed by atoms with van der Waals surface area (Å²) < 4.78 is 42.6. The van der Waals surface area contributed by atoms with Crippen LogP contribution in [0.25, 0.3) is 22.2 Å². The van der Waals surface area contributed by atoms with E-state index in [4.69, 9.17) is 4.98 Å². The van der Waals surface area contributed by atoms with Gasteiger partial charge in [0.05, 0.1) is 5.56 Å². The maximum Gasteiger partial charge on any atom is 0.416 e. The van der Waals surface area contributed by atoms with Crippen LogP contribution in [-0.2, 0) is 19.0 Å². The number of benzene rings is 2. The monoisotopic (exact) mass is 457 g/mol. The fraction of sp³-hybridized carbons (Fsp3) is 0.250. The van der Waals surface area contributed by atoms with Crippen molar-refractivity contribution in [2.75, 3.05) is 0 Å². The van der Waals surface area contributed by atoms with Gasteiger partial charge in [-0.3, -0.25) is 9.36 Å². The Morgan fingerprint density at radius 1 is 1.06 bits per heavy atom. The minimum absolute atomic E-state index is 0.154. The number of hydrogen-bond acceptors (Lipinski definition) is 3. The first-order chi connectivity index (χ1) is 15.2. The molecule has 0 N–H and O–H groups in total. The molecule has 8 heteroatoms. The van der Waals surface area contributed by atoms with Crippen molar-refractivity contribution in [3.05, 3.63) is 82.3 Å². The number of rotatable bonds is 5. The predicted molar refractivity (Wildman–Crippen MR) is 122 cm³/mol. The highest BCUT2D eigenvalue weighted by Gasteiger charge is 2.30. The van der Waals surface area contributed by atoms with Gasteiger partial charge in [-0.05, 0) is 31.0 Å². The summed E-state index contributed by atoms with van der Waals surface area (Å²) >= 11 is 1.27. The number of thioether (sulfide) groups is 1. The lowest BCUT2D eigenvalue weighted by Gasteiger charge is -2.16. The molecule has 0 spiro atoms. The van der Waals surface area contributed by atoms with E-state index < -0.39 is 11.7 Å². The molecule has 4 nitrogen and oxygen atoms in total. The number of aromatic nitrogens is 3. The summed E-state index contributed by atoms with van der Waals surface area (Å²) in [5.74, 6) is 0.266. The molecule has 0 unspecified atom stereocenters. The Hall–Kier alpha value is -3.00. The van der Waals surface area contributed by atoms with Crippen molar-refractivity contribution >= 4 is 22.8 Å². The van der Waals surface area contributed by atoms with E-state index in [-0.39, 0.29) is 17.4 Å². The van der Waals surface area contributed by atoms with Gasteiger partial charge in [-0.1, -0.05) is 60.3 Å². The number of hydrogen-bond donors (Lipinski definition) is 0. The summed E-state index contributed by atoms with van der Waals surface area (Å²) in [6, 6.07) is 14.8. The fourth-order valence-corrected chi connectivity index (χ4v) is 4.77. The Kier molecular flexibility index (Phi) is 5.90. The Bertz CT molecular complexity index is 1320. The van der Waals surface area contributed by atoms with Gasteiger partial charge < -0.3 is 4.57 Å². The maximum atomic E-state index is 13.4. The summed E-state index contributed by atoms with van der Waals surface area (Å²) in [6.45, 7) is 3.79. The Labute approximate surface area is 187 Å². The van der Waals surface area contributed by atoms with E-state index in [9.17, 15) is 18.0 Å². The lowest BCUT2D eigenvalue weighted by atomic mass is 10.1. The SMILES string of the molecule is CC(C)n1c(SCc2cccc(C(F)(F)F)c2)nc2c(-c3ccccc3)cn(C)c2c1=O. The molecule has 2 heterocycles. The van der Waals surface area contributed by atoms with Gasteiger partial charge >= 0.3 is 6.18 Å². The second kappa shape index (κ2) is 8.50. The summed E-state index contributed by atoms with van der Waals surface area (Å²) in [7, 11) is 1.82. The van der Waals surface area contributed by atoms with Gasteiger partial charge in [0.2, 0.25) is 0 Å². The topological polar surface area (TPSA) is 39.8 Å². The smallest absolute Gasteiger partial charge is 0.344 e. The van der Waals surface area contributed by atoms with Gasteiger partial charge in [0.1, 0.15) is 11.0 Å². The predicted octanol–water partition coefficient (Wildman–Crippen LogP) is 6.29. The summed E-state index contributed by atoms with van der Waals surface area (Å²) in [5, 5.41) is 0.485. The van der Waals surface area contributed by atoms with Crippen molar-refractivity contribution in [1.29, 1.82) is 0 Å². The lowest BCUT2D eigenvalue weighted by molar-refractivity contribution is -0.137. The molecule has 0 radical (unpaired) electrons. The number of fused-ring (bicyclic) bond motifs is 1. The molecular formula is C24H22F3N3OS. The van der Waals surface area contributed by atoms with Crippen LogP contribution in [-0.4, -0.2) is 14.1 Å². The van der Waals surface area contributed by atoms with Crippen LogP contribution in [0.1, 0.15) is 31.0 Å². The minimum Gasteiger partial charge on any atom is -0.344 e. The molecule has 0 amide bonds. The highest BCUT2D eigenvalue weighted by Crippen LogP contribution is 2.33. The van der Waals surface area contributed by atoms with Gasteiger partial charge in [0, 0.05) is 30.6 Å². The Morgan fingerprint density at radius 2 is 1.78 bits per heavy atom. The van der Waals surface area contributed by atoms with Gasteiger partial charge in [0.15, 0.2) is 5.16 Å². The number of alkyl halides is 3. The lowest BCUT2D eigenvalue weighted by Crippen LogP contribution is -2.26. The molecule has 0 saturated carbocycles. The van der Waals surface area contributed by atoms with Crippen molar-refractivity contribution in [3.63, 3.8) is 0 Å². The molecule has 0 aliphatic rings. The molecule has 0 fully saturated rings. The number of nitrogens with zero attached hydrogens (tertiary/aromatic N) is 3. The van der Waals surface area contributed by atoms with Crippen LogP contribution in [0, 0.1) is 0 Å². The molecular weight excluding hydrogens is 435 g/mol. The van der Waals surface area contributed by atoms with Crippen molar-refractivity contribution in [1.82, 2.24) is 14.1 Å². The van der Waals surface area contributed by atoms with E-state index in [2.05, 4.69) is 0 Å². The minimum atomic E-state index is -4.40. The molecule has 4 aromatic rings. The molecule has 0 saturated heterocycles. The third-order valence-electron chi connectivity index (χ3n) is 5.21. The third-order valence-corrected chi connectivity index (χ3v) is 6.24. The zero-order valence-corrected chi connectivity index (χ0v) is 18.7. The second-order valence-electron chi connectivity index (χ2n) is 7.87. The fourth-order valence-electron chi connectivity index (χ4n) is 3.70. The van der Waals surface area contributed by atoms with E-state index in [1.807, 2.05) is 57.4 Å². The van der Waals surface area contributed by atoms with Crippen LogP contribution in [0.2, 0.25) is 0 Å². The van der Waals surface area contributed by atoms with Gasteiger partial charge in [-0.15, -0.1) is 0 Å². The van der Waals surface area contributed by atoms with E-state index in [0.717, 1.165) is 23.3 Å². The molecule has 0 atom stereocenters. The average Bonchev–Trinajstić information content (AvgIpc) is 3.09. The summed E-state index contributed by atoms with van der Waals surface area (Å²) in [5.41, 5.74) is 2.55. The second-order valence-corrected chi connectivity index (χ2v) is 8.81.